The van der Waals surface area contributed by atoms with Crippen LogP contribution < -0.4 is 5.32 Å². The van der Waals surface area contributed by atoms with Crippen molar-refractivity contribution in [1.29, 1.82) is 0 Å². The third kappa shape index (κ3) is 3.57. The first kappa shape index (κ1) is 20.7. The van der Waals surface area contributed by atoms with E-state index in [9.17, 15) is 0 Å². The van der Waals surface area contributed by atoms with Gasteiger partial charge in [-0.25, -0.2) is 0 Å². The van der Waals surface area contributed by atoms with Crippen LogP contribution in [0.1, 0.15) is 11.1 Å². The summed E-state index contributed by atoms with van der Waals surface area (Å²) in [6.07, 6.45) is 1.00. The first-order valence-corrected chi connectivity index (χ1v) is 12.5. The summed E-state index contributed by atoms with van der Waals surface area (Å²) in [4.78, 5) is 0. The standard InChI is InChI=1S/C35H25N/c1-3-10-30-24(7-1)9-5-12-31(30)25-15-19-28(20-16-25)36-29-21-17-26(18-22-29)32-13-6-14-34-33-11-4-2-8-27(33)23-35(32)34/h1-22,36H,23H2. The van der Waals surface area contributed by atoms with Crippen LogP contribution in [0.25, 0.3) is 44.2 Å². The van der Waals surface area contributed by atoms with Crippen LogP contribution in [0.4, 0.5) is 11.4 Å². The van der Waals surface area contributed by atoms with Crippen molar-refractivity contribution < 1.29 is 0 Å². The normalized spacial score (nSPS) is 11.8. The lowest BCUT2D eigenvalue weighted by Crippen LogP contribution is -1.92. The van der Waals surface area contributed by atoms with Crippen LogP contribution in [0.5, 0.6) is 0 Å². The van der Waals surface area contributed by atoms with E-state index < -0.39 is 0 Å². The fourth-order valence-corrected chi connectivity index (χ4v) is 5.54. The minimum absolute atomic E-state index is 1.00. The van der Waals surface area contributed by atoms with E-state index >= 15 is 0 Å². The first-order valence-electron chi connectivity index (χ1n) is 12.5. The van der Waals surface area contributed by atoms with E-state index in [0.29, 0.717) is 0 Å². The van der Waals surface area contributed by atoms with Crippen molar-refractivity contribution in [3.63, 3.8) is 0 Å². The SMILES string of the molecule is c1ccc2c(c1)Cc1c(-c3ccc(Nc4ccc(-c5cccc6ccccc56)cc4)cc3)cccc1-2. The maximum atomic E-state index is 3.56. The first-order chi connectivity index (χ1) is 17.8. The molecule has 0 radical (unpaired) electrons. The molecule has 1 aliphatic carbocycles. The van der Waals surface area contributed by atoms with Crippen LogP contribution >= 0.6 is 0 Å². The minimum Gasteiger partial charge on any atom is -0.356 e. The zero-order valence-electron chi connectivity index (χ0n) is 19.9. The molecule has 1 nitrogen and oxygen atoms in total. The number of rotatable bonds is 4. The number of hydrogen-bond donors (Lipinski definition) is 1. The van der Waals surface area contributed by atoms with E-state index in [4.69, 9.17) is 0 Å². The summed E-state index contributed by atoms with van der Waals surface area (Å²) < 4.78 is 0. The molecule has 0 bridgehead atoms. The van der Waals surface area contributed by atoms with Crippen molar-refractivity contribution in [3.8, 4) is 33.4 Å². The van der Waals surface area contributed by atoms with E-state index in [-0.39, 0.29) is 0 Å². The fourth-order valence-electron chi connectivity index (χ4n) is 5.54. The van der Waals surface area contributed by atoms with Gasteiger partial charge in [0.15, 0.2) is 0 Å². The average Bonchev–Trinajstić information content (AvgIpc) is 3.33. The maximum Gasteiger partial charge on any atom is 0.0384 e. The Kier molecular flexibility index (Phi) is 4.92. The molecule has 0 spiro atoms. The molecule has 6 aromatic rings. The molecule has 1 heteroatoms. The van der Waals surface area contributed by atoms with Crippen LogP contribution in [0.3, 0.4) is 0 Å². The van der Waals surface area contributed by atoms with Crippen LogP contribution in [0.15, 0.2) is 133 Å². The van der Waals surface area contributed by atoms with E-state index in [1.54, 1.807) is 0 Å². The van der Waals surface area contributed by atoms with E-state index in [1.165, 1.54) is 55.3 Å². The van der Waals surface area contributed by atoms with Gasteiger partial charge in [-0.3, -0.25) is 0 Å². The van der Waals surface area contributed by atoms with Crippen LogP contribution in [-0.4, -0.2) is 0 Å². The van der Waals surface area contributed by atoms with Gasteiger partial charge >= 0.3 is 0 Å². The molecule has 1 N–H and O–H groups in total. The molecule has 170 valence electrons. The zero-order chi connectivity index (χ0) is 23.9. The number of nitrogens with one attached hydrogen (secondary N) is 1. The smallest absolute Gasteiger partial charge is 0.0384 e. The van der Waals surface area contributed by atoms with Crippen molar-refractivity contribution in [1.82, 2.24) is 0 Å². The van der Waals surface area contributed by atoms with Crippen LogP contribution in [-0.2, 0) is 6.42 Å². The van der Waals surface area contributed by atoms with Gasteiger partial charge in [-0.15, -0.1) is 0 Å². The van der Waals surface area contributed by atoms with Crippen molar-refractivity contribution in [2.24, 2.45) is 0 Å². The van der Waals surface area contributed by atoms with Gasteiger partial charge in [0.1, 0.15) is 0 Å². The summed E-state index contributed by atoms with van der Waals surface area (Å²) in [5, 5.41) is 6.12. The lowest BCUT2D eigenvalue weighted by molar-refractivity contribution is 1.26. The predicted octanol–water partition coefficient (Wildman–Crippen LogP) is 9.49. The molecule has 0 saturated heterocycles. The second-order valence-corrected chi connectivity index (χ2v) is 9.47. The topological polar surface area (TPSA) is 12.0 Å². The summed E-state index contributed by atoms with van der Waals surface area (Å²) in [6, 6.07) is 48.0. The van der Waals surface area contributed by atoms with Gasteiger partial charge in [-0.2, -0.15) is 0 Å². The molecule has 0 saturated carbocycles. The highest BCUT2D eigenvalue weighted by Crippen LogP contribution is 2.41. The predicted molar refractivity (Wildman–Crippen MR) is 153 cm³/mol. The molecule has 7 rings (SSSR count). The van der Waals surface area contributed by atoms with Gasteiger partial charge in [0, 0.05) is 11.4 Å². The molecule has 0 amide bonds. The van der Waals surface area contributed by atoms with Gasteiger partial charge in [0.25, 0.3) is 0 Å². The van der Waals surface area contributed by atoms with Gasteiger partial charge in [0.05, 0.1) is 0 Å². The lowest BCUT2D eigenvalue weighted by atomic mass is 9.95. The highest BCUT2D eigenvalue weighted by Gasteiger charge is 2.20. The molecule has 6 aromatic carbocycles. The fraction of sp³-hybridized carbons (Fsp3) is 0.0286. The largest absolute Gasteiger partial charge is 0.356 e. The van der Waals surface area contributed by atoms with E-state index in [0.717, 1.165) is 17.8 Å². The highest BCUT2D eigenvalue weighted by atomic mass is 14.9. The van der Waals surface area contributed by atoms with Gasteiger partial charge < -0.3 is 5.32 Å². The van der Waals surface area contributed by atoms with Gasteiger partial charge in [0.2, 0.25) is 0 Å². The number of hydrogen-bond acceptors (Lipinski definition) is 1. The second-order valence-electron chi connectivity index (χ2n) is 9.47. The Morgan fingerprint density at radius 1 is 0.417 bits per heavy atom. The summed E-state index contributed by atoms with van der Waals surface area (Å²) in [7, 11) is 0. The van der Waals surface area contributed by atoms with Gasteiger partial charge in [-0.05, 0) is 86.0 Å². The number of fused-ring (bicyclic) bond motifs is 4. The Morgan fingerprint density at radius 2 is 0.972 bits per heavy atom. The lowest BCUT2D eigenvalue weighted by Gasteiger charge is -2.12. The van der Waals surface area contributed by atoms with Crippen molar-refractivity contribution >= 4 is 22.1 Å². The average molecular weight is 460 g/mol. The molecular formula is C35H25N. The maximum absolute atomic E-state index is 3.56. The Morgan fingerprint density at radius 3 is 1.78 bits per heavy atom. The highest BCUT2D eigenvalue weighted by molar-refractivity contribution is 5.96. The van der Waals surface area contributed by atoms with Crippen molar-refractivity contribution in [2.45, 2.75) is 6.42 Å². The Hall–Kier alpha value is -4.62. The number of benzene rings is 6. The quantitative estimate of drug-likeness (QED) is 0.276. The van der Waals surface area contributed by atoms with Crippen molar-refractivity contribution in [3.05, 3.63) is 145 Å². The van der Waals surface area contributed by atoms with Crippen LogP contribution in [0, 0.1) is 0 Å². The third-order valence-electron chi connectivity index (χ3n) is 7.32. The number of anilines is 2. The molecule has 0 aliphatic heterocycles. The monoisotopic (exact) mass is 459 g/mol. The van der Waals surface area contributed by atoms with Gasteiger partial charge in [-0.1, -0.05) is 109 Å². The molecule has 0 atom stereocenters. The van der Waals surface area contributed by atoms with E-state index in [1.807, 2.05) is 0 Å². The zero-order valence-corrected chi connectivity index (χ0v) is 19.9. The molecule has 1 aliphatic rings. The molecular weight excluding hydrogens is 434 g/mol. The summed E-state index contributed by atoms with van der Waals surface area (Å²) in [5.74, 6) is 0. The Balaban J connectivity index is 1.13. The summed E-state index contributed by atoms with van der Waals surface area (Å²) in [6.45, 7) is 0. The Bertz CT molecular complexity index is 1700. The molecule has 0 aromatic heterocycles. The Labute approximate surface area is 211 Å². The third-order valence-corrected chi connectivity index (χ3v) is 7.32. The minimum atomic E-state index is 1.00. The molecule has 0 unspecified atom stereocenters. The van der Waals surface area contributed by atoms with Crippen LogP contribution in [0.2, 0.25) is 0 Å². The molecule has 0 fully saturated rings. The summed E-state index contributed by atoms with van der Waals surface area (Å²) in [5.41, 5.74) is 12.9. The summed E-state index contributed by atoms with van der Waals surface area (Å²) >= 11 is 0. The molecule has 36 heavy (non-hydrogen) atoms. The molecule has 0 heterocycles. The van der Waals surface area contributed by atoms with Crippen molar-refractivity contribution in [2.75, 3.05) is 5.32 Å². The van der Waals surface area contributed by atoms with E-state index in [2.05, 4.69) is 139 Å². The second kappa shape index (κ2) is 8.55.